The molecule has 1 amide bonds. The molecule has 0 bridgehead atoms. The summed E-state index contributed by atoms with van der Waals surface area (Å²) in [5.41, 5.74) is 6.66. The number of nitrogens with zero attached hydrogens (tertiary/aromatic N) is 2. The van der Waals surface area contributed by atoms with Gasteiger partial charge < -0.3 is 11.1 Å². The number of carbonyl (C=O) groups excluding carboxylic acids is 1. The molecule has 0 fully saturated rings. The van der Waals surface area contributed by atoms with Gasteiger partial charge in [-0.2, -0.15) is 5.26 Å². The van der Waals surface area contributed by atoms with E-state index in [0.29, 0.717) is 28.4 Å². The first-order valence-electron chi connectivity index (χ1n) is 5.81. The van der Waals surface area contributed by atoms with Crippen LogP contribution in [0, 0.1) is 11.3 Å². The average molecular weight is 304 g/mol. The summed E-state index contributed by atoms with van der Waals surface area (Å²) in [6.07, 6.45) is 1.95. The maximum Gasteiger partial charge on any atom is 0.225 e. The molecule has 0 aliphatic carbocycles. The molecule has 0 saturated heterocycles. The SMILES string of the molecule is N#Cc1ccsc1NC(=O)CCSc1ccc(N)cn1. The van der Waals surface area contributed by atoms with Crippen molar-refractivity contribution in [1.29, 1.82) is 5.26 Å². The summed E-state index contributed by atoms with van der Waals surface area (Å²) >= 11 is 2.84. The Bertz CT molecular complexity index is 631. The monoisotopic (exact) mass is 304 g/mol. The number of nitrogen functional groups attached to an aromatic ring is 1. The number of pyridine rings is 1. The van der Waals surface area contributed by atoms with E-state index in [1.165, 1.54) is 23.1 Å². The Kier molecular flexibility index (Phi) is 4.98. The van der Waals surface area contributed by atoms with Crippen molar-refractivity contribution < 1.29 is 4.79 Å². The summed E-state index contributed by atoms with van der Waals surface area (Å²) in [7, 11) is 0. The molecule has 0 unspecified atom stereocenters. The van der Waals surface area contributed by atoms with Crippen molar-refractivity contribution in [1.82, 2.24) is 4.98 Å². The highest BCUT2D eigenvalue weighted by molar-refractivity contribution is 7.99. The summed E-state index contributed by atoms with van der Waals surface area (Å²) in [6.45, 7) is 0. The fourth-order valence-corrected chi connectivity index (χ4v) is 2.95. The van der Waals surface area contributed by atoms with Crippen molar-refractivity contribution in [2.24, 2.45) is 0 Å². The number of hydrogen-bond donors (Lipinski definition) is 2. The Labute approximate surface area is 124 Å². The first-order valence-corrected chi connectivity index (χ1v) is 7.67. The molecule has 7 heteroatoms. The molecule has 2 aromatic rings. The number of hydrogen-bond acceptors (Lipinski definition) is 6. The van der Waals surface area contributed by atoms with Gasteiger partial charge >= 0.3 is 0 Å². The van der Waals surface area contributed by atoms with Gasteiger partial charge in [-0.1, -0.05) is 0 Å². The molecule has 0 radical (unpaired) electrons. The smallest absolute Gasteiger partial charge is 0.225 e. The van der Waals surface area contributed by atoms with Crippen LogP contribution in [0.1, 0.15) is 12.0 Å². The first-order chi connectivity index (χ1) is 9.69. The number of thiophene rings is 1. The fourth-order valence-electron chi connectivity index (χ4n) is 1.41. The third-order valence-corrected chi connectivity index (χ3v) is 4.15. The normalized spacial score (nSPS) is 9.95. The predicted molar refractivity (Wildman–Crippen MR) is 81.7 cm³/mol. The topological polar surface area (TPSA) is 91.8 Å². The van der Waals surface area contributed by atoms with Gasteiger partial charge in [-0.05, 0) is 23.6 Å². The lowest BCUT2D eigenvalue weighted by Crippen LogP contribution is -2.11. The van der Waals surface area contributed by atoms with E-state index in [9.17, 15) is 4.79 Å². The fraction of sp³-hybridized carbons (Fsp3) is 0.154. The van der Waals surface area contributed by atoms with Crippen LogP contribution < -0.4 is 11.1 Å². The van der Waals surface area contributed by atoms with E-state index in [4.69, 9.17) is 11.0 Å². The first kappa shape index (κ1) is 14.4. The van der Waals surface area contributed by atoms with Crippen LogP contribution in [0.15, 0.2) is 34.8 Å². The van der Waals surface area contributed by atoms with Gasteiger partial charge in [0.25, 0.3) is 0 Å². The zero-order valence-corrected chi connectivity index (χ0v) is 12.1. The number of nitrogens with two attached hydrogens (primary N) is 1. The lowest BCUT2D eigenvalue weighted by atomic mass is 10.3. The highest BCUT2D eigenvalue weighted by Gasteiger charge is 2.08. The molecule has 2 aromatic heterocycles. The molecule has 2 rings (SSSR count). The summed E-state index contributed by atoms with van der Waals surface area (Å²) in [5.74, 6) is 0.516. The van der Waals surface area contributed by atoms with E-state index < -0.39 is 0 Å². The number of anilines is 2. The maximum atomic E-state index is 11.8. The number of carbonyl (C=O) groups is 1. The van der Waals surface area contributed by atoms with Crippen LogP contribution in [0.2, 0.25) is 0 Å². The maximum absolute atomic E-state index is 11.8. The van der Waals surface area contributed by atoms with E-state index in [0.717, 1.165) is 5.03 Å². The molecule has 0 aliphatic rings. The van der Waals surface area contributed by atoms with Crippen molar-refractivity contribution in [3.05, 3.63) is 35.3 Å². The zero-order chi connectivity index (χ0) is 14.4. The zero-order valence-electron chi connectivity index (χ0n) is 10.5. The number of thioether (sulfide) groups is 1. The molecule has 3 N–H and O–H groups in total. The average Bonchev–Trinajstić information content (AvgIpc) is 2.88. The number of nitrogens with one attached hydrogen (secondary N) is 1. The van der Waals surface area contributed by atoms with Crippen LogP contribution in [0.3, 0.4) is 0 Å². The quantitative estimate of drug-likeness (QED) is 0.829. The van der Waals surface area contributed by atoms with Gasteiger partial charge in [0.05, 0.1) is 22.5 Å². The Morgan fingerprint density at radius 1 is 1.50 bits per heavy atom. The van der Waals surface area contributed by atoms with Crippen LogP contribution in [0.25, 0.3) is 0 Å². The van der Waals surface area contributed by atoms with Crippen molar-refractivity contribution in [3.63, 3.8) is 0 Å². The summed E-state index contributed by atoms with van der Waals surface area (Å²) in [6, 6.07) is 7.33. The Balaban J connectivity index is 1.78. The number of aromatic nitrogens is 1. The van der Waals surface area contributed by atoms with Crippen LogP contribution in [-0.2, 0) is 4.79 Å². The second kappa shape index (κ2) is 6.93. The Hall–Kier alpha value is -2.04. The highest BCUT2D eigenvalue weighted by Crippen LogP contribution is 2.23. The molecule has 0 aromatic carbocycles. The van der Waals surface area contributed by atoms with Gasteiger partial charge in [0.1, 0.15) is 11.1 Å². The van der Waals surface area contributed by atoms with Crippen LogP contribution in [0.4, 0.5) is 10.7 Å². The third-order valence-electron chi connectivity index (χ3n) is 2.38. The summed E-state index contributed by atoms with van der Waals surface area (Å²) < 4.78 is 0. The van der Waals surface area contributed by atoms with E-state index >= 15 is 0 Å². The largest absolute Gasteiger partial charge is 0.397 e. The lowest BCUT2D eigenvalue weighted by molar-refractivity contribution is -0.115. The molecular weight excluding hydrogens is 292 g/mol. The van der Waals surface area contributed by atoms with Crippen molar-refractivity contribution >= 4 is 39.7 Å². The van der Waals surface area contributed by atoms with Gasteiger partial charge in [-0.25, -0.2) is 4.98 Å². The standard InChI is InChI=1S/C13H12N4OS2/c14-7-9-3-5-20-13(9)17-11(18)4-6-19-12-2-1-10(15)8-16-12/h1-3,5,8H,4,6,15H2,(H,17,18). The predicted octanol–water partition coefficient (Wildman–Crippen LogP) is 2.72. The Morgan fingerprint density at radius 2 is 2.35 bits per heavy atom. The highest BCUT2D eigenvalue weighted by atomic mass is 32.2. The van der Waals surface area contributed by atoms with Crippen LogP contribution >= 0.6 is 23.1 Å². The van der Waals surface area contributed by atoms with Crippen molar-refractivity contribution in [3.8, 4) is 6.07 Å². The second-order valence-corrected chi connectivity index (χ2v) is 5.88. The van der Waals surface area contributed by atoms with Crippen molar-refractivity contribution in [2.75, 3.05) is 16.8 Å². The van der Waals surface area contributed by atoms with Crippen LogP contribution in [0.5, 0.6) is 0 Å². The third kappa shape index (κ3) is 3.98. The van der Waals surface area contributed by atoms with Gasteiger partial charge in [-0.3, -0.25) is 4.79 Å². The summed E-state index contributed by atoms with van der Waals surface area (Å²) in [5, 5.41) is 14.8. The van der Waals surface area contributed by atoms with Gasteiger partial charge in [0.2, 0.25) is 5.91 Å². The molecule has 0 aliphatic heterocycles. The molecular formula is C13H12N4OS2. The molecule has 0 atom stereocenters. The molecule has 0 saturated carbocycles. The van der Waals surface area contributed by atoms with E-state index in [2.05, 4.69) is 10.3 Å². The summed E-state index contributed by atoms with van der Waals surface area (Å²) in [4.78, 5) is 15.9. The minimum Gasteiger partial charge on any atom is -0.397 e. The minimum absolute atomic E-state index is 0.105. The van der Waals surface area contributed by atoms with Gasteiger partial charge in [0, 0.05) is 12.2 Å². The van der Waals surface area contributed by atoms with Crippen LogP contribution in [-0.4, -0.2) is 16.6 Å². The second-order valence-electron chi connectivity index (χ2n) is 3.85. The van der Waals surface area contributed by atoms with E-state index in [1.807, 2.05) is 12.1 Å². The Morgan fingerprint density at radius 3 is 3.05 bits per heavy atom. The van der Waals surface area contributed by atoms with E-state index in [-0.39, 0.29) is 5.91 Å². The number of nitriles is 1. The number of amides is 1. The molecule has 102 valence electrons. The van der Waals surface area contributed by atoms with Gasteiger partial charge in [-0.15, -0.1) is 23.1 Å². The molecule has 0 spiro atoms. The van der Waals surface area contributed by atoms with E-state index in [1.54, 1.807) is 23.7 Å². The molecule has 20 heavy (non-hydrogen) atoms. The minimum atomic E-state index is -0.105. The molecule has 2 heterocycles. The number of rotatable bonds is 5. The van der Waals surface area contributed by atoms with Gasteiger partial charge in [0.15, 0.2) is 0 Å². The lowest BCUT2D eigenvalue weighted by Gasteiger charge is -2.03. The molecule has 5 nitrogen and oxygen atoms in total. The van der Waals surface area contributed by atoms with Crippen molar-refractivity contribution in [2.45, 2.75) is 11.4 Å².